The van der Waals surface area contributed by atoms with Gasteiger partial charge in [-0.3, -0.25) is 13.9 Å². The summed E-state index contributed by atoms with van der Waals surface area (Å²) in [5.74, 6) is -0.332. The second kappa shape index (κ2) is 12.2. The van der Waals surface area contributed by atoms with Crippen LogP contribution in [0.15, 0.2) is 82.2 Å². The number of benzene rings is 3. The third kappa shape index (κ3) is 6.90. The van der Waals surface area contributed by atoms with E-state index in [1.807, 2.05) is 31.2 Å². The second-order valence-electron chi connectivity index (χ2n) is 8.46. The molecule has 8 nitrogen and oxygen atoms in total. The molecule has 0 aliphatic heterocycles. The topological polar surface area (TPSA) is 96.0 Å². The van der Waals surface area contributed by atoms with Crippen LogP contribution in [-0.2, 0) is 26.2 Å². The number of sulfonamides is 1. The lowest BCUT2D eigenvalue weighted by Crippen LogP contribution is -2.50. The van der Waals surface area contributed by atoms with Crippen LogP contribution >= 0.6 is 15.9 Å². The Hall–Kier alpha value is -3.37. The summed E-state index contributed by atoms with van der Waals surface area (Å²) in [7, 11) is -1.10. The smallest absolute Gasteiger partial charge is 0.264 e. The Balaban J connectivity index is 2.02. The second-order valence-corrected chi connectivity index (χ2v) is 11.2. The standard InChI is InChI=1S/C27H30BrN3O5S/c1-19-5-15-25(16-6-19)37(34,35)31(23-11-13-24(36-4)14-12-23)18-26(32)30(20(2)27(33)29-3)17-21-7-9-22(28)10-8-21/h5-16,20H,17-18H2,1-4H3,(H,29,33). The summed E-state index contributed by atoms with van der Waals surface area (Å²) in [6.45, 7) is 3.10. The molecule has 0 bridgehead atoms. The van der Waals surface area contributed by atoms with Crippen LogP contribution in [0.2, 0.25) is 0 Å². The number of nitrogens with zero attached hydrogens (tertiary/aromatic N) is 2. The van der Waals surface area contributed by atoms with Crippen LogP contribution in [0, 0.1) is 6.92 Å². The summed E-state index contributed by atoms with van der Waals surface area (Å²) in [5.41, 5.74) is 2.00. The monoisotopic (exact) mass is 587 g/mol. The van der Waals surface area contributed by atoms with Gasteiger partial charge in [-0.2, -0.15) is 0 Å². The largest absolute Gasteiger partial charge is 0.497 e. The number of likely N-dealkylation sites (N-methyl/N-ethyl adjacent to an activating group) is 1. The zero-order chi connectivity index (χ0) is 27.2. The number of halogens is 1. The zero-order valence-electron chi connectivity index (χ0n) is 21.1. The molecule has 0 radical (unpaired) electrons. The van der Waals surface area contributed by atoms with Crippen LogP contribution in [0.25, 0.3) is 0 Å². The molecule has 3 rings (SSSR count). The molecule has 37 heavy (non-hydrogen) atoms. The predicted octanol–water partition coefficient (Wildman–Crippen LogP) is 4.12. The molecule has 1 atom stereocenters. The minimum absolute atomic E-state index is 0.0560. The van der Waals surface area contributed by atoms with E-state index in [1.165, 1.54) is 31.2 Å². The van der Waals surface area contributed by atoms with Crippen LogP contribution < -0.4 is 14.4 Å². The van der Waals surface area contributed by atoms with E-state index in [1.54, 1.807) is 43.3 Å². The molecule has 0 heterocycles. The minimum atomic E-state index is -4.11. The molecule has 0 aromatic heterocycles. The van der Waals surface area contributed by atoms with Crippen LogP contribution in [0.5, 0.6) is 5.75 Å². The summed E-state index contributed by atoms with van der Waals surface area (Å²) >= 11 is 3.39. The van der Waals surface area contributed by atoms with E-state index >= 15 is 0 Å². The van der Waals surface area contributed by atoms with Crippen molar-refractivity contribution in [2.24, 2.45) is 0 Å². The Labute approximate surface area is 226 Å². The van der Waals surface area contributed by atoms with Crippen LogP contribution in [0.3, 0.4) is 0 Å². The molecule has 1 N–H and O–H groups in total. The van der Waals surface area contributed by atoms with E-state index in [-0.39, 0.29) is 17.3 Å². The first kappa shape index (κ1) is 28.2. The van der Waals surface area contributed by atoms with Crippen molar-refractivity contribution < 1.29 is 22.7 Å². The van der Waals surface area contributed by atoms with E-state index in [4.69, 9.17) is 4.74 Å². The van der Waals surface area contributed by atoms with Crippen molar-refractivity contribution in [1.29, 1.82) is 0 Å². The van der Waals surface area contributed by atoms with Crippen molar-refractivity contribution in [2.45, 2.75) is 31.3 Å². The van der Waals surface area contributed by atoms with Gasteiger partial charge in [0.1, 0.15) is 18.3 Å². The number of hydrogen-bond donors (Lipinski definition) is 1. The van der Waals surface area contributed by atoms with Gasteiger partial charge in [0.05, 0.1) is 17.7 Å². The normalized spacial score (nSPS) is 11.9. The highest BCUT2D eigenvalue weighted by atomic mass is 79.9. The lowest BCUT2D eigenvalue weighted by atomic mass is 10.1. The fourth-order valence-electron chi connectivity index (χ4n) is 3.69. The average molecular weight is 589 g/mol. The van der Waals surface area contributed by atoms with Crippen molar-refractivity contribution >= 4 is 43.5 Å². The number of amides is 2. The maximum Gasteiger partial charge on any atom is 0.264 e. The molecule has 0 fully saturated rings. The summed E-state index contributed by atoms with van der Waals surface area (Å²) in [4.78, 5) is 27.7. The van der Waals surface area contributed by atoms with Gasteiger partial charge in [-0.15, -0.1) is 0 Å². The van der Waals surface area contributed by atoms with Gasteiger partial charge in [0.2, 0.25) is 11.8 Å². The Morgan fingerprint density at radius 1 is 0.973 bits per heavy atom. The Bertz CT molecular complexity index is 1330. The van der Waals surface area contributed by atoms with E-state index in [0.717, 1.165) is 19.9 Å². The third-order valence-electron chi connectivity index (χ3n) is 5.93. The van der Waals surface area contributed by atoms with Crippen LogP contribution in [0.4, 0.5) is 5.69 Å². The maximum absolute atomic E-state index is 13.8. The molecule has 0 aliphatic rings. The molecule has 3 aromatic rings. The molecule has 10 heteroatoms. The number of methoxy groups -OCH3 is 1. The van der Waals surface area contributed by atoms with Crippen LogP contribution in [0.1, 0.15) is 18.1 Å². The Morgan fingerprint density at radius 3 is 2.11 bits per heavy atom. The zero-order valence-corrected chi connectivity index (χ0v) is 23.5. The van der Waals surface area contributed by atoms with Gasteiger partial charge in [-0.1, -0.05) is 45.8 Å². The maximum atomic E-state index is 13.8. The molecule has 196 valence electrons. The molecule has 0 aliphatic carbocycles. The van der Waals surface area contributed by atoms with E-state index in [0.29, 0.717) is 11.4 Å². The third-order valence-corrected chi connectivity index (χ3v) is 8.24. The summed E-state index contributed by atoms with van der Waals surface area (Å²) in [5, 5.41) is 2.57. The van der Waals surface area contributed by atoms with Gasteiger partial charge < -0.3 is 15.0 Å². The summed E-state index contributed by atoms with van der Waals surface area (Å²) in [6, 6.07) is 19.4. The summed E-state index contributed by atoms with van der Waals surface area (Å²) in [6.07, 6.45) is 0. The number of carbonyl (C=O) groups is 2. The highest BCUT2D eigenvalue weighted by Crippen LogP contribution is 2.27. The highest BCUT2D eigenvalue weighted by Gasteiger charge is 2.32. The molecule has 0 spiro atoms. The van der Waals surface area contributed by atoms with Crippen molar-refractivity contribution in [3.63, 3.8) is 0 Å². The molecule has 2 amide bonds. The van der Waals surface area contributed by atoms with Gasteiger partial charge in [0.25, 0.3) is 10.0 Å². The Kier molecular flexibility index (Phi) is 9.34. The number of nitrogens with one attached hydrogen (secondary N) is 1. The number of aryl methyl sites for hydroxylation is 1. The van der Waals surface area contributed by atoms with Gasteiger partial charge in [0.15, 0.2) is 0 Å². The molecule has 0 saturated carbocycles. The lowest BCUT2D eigenvalue weighted by Gasteiger charge is -2.31. The number of rotatable bonds is 10. The van der Waals surface area contributed by atoms with Gasteiger partial charge >= 0.3 is 0 Å². The van der Waals surface area contributed by atoms with Gasteiger partial charge in [-0.05, 0) is 67.9 Å². The van der Waals surface area contributed by atoms with Gasteiger partial charge in [0, 0.05) is 18.1 Å². The van der Waals surface area contributed by atoms with Crippen molar-refractivity contribution in [1.82, 2.24) is 10.2 Å². The molecule has 0 saturated heterocycles. The molecular formula is C27H30BrN3O5S. The van der Waals surface area contributed by atoms with Crippen molar-refractivity contribution in [2.75, 3.05) is 25.0 Å². The van der Waals surface area contributed by atoms with Crippen molar-refractivity contribution in [3.8, 4) is 5.75 Å². The first-order valence-corrected chi connectivity index (χ1v) is 13.8. The lowest BCUT2D eigenvalue weighted by molar-refractivity contribution is -0.139. The molecular weight excluding hydrogens is 558 g/mol. The quantitative estimate of drug-likeness (QED) is 0.385. The minimum Gasteiger partial charge on any atom is -0.497 e. The van der Waals surface area contributed by atoms with E-state index in [2.05, 4.69) is 21.2 Å². The first-order chi connectivity index (χ1) is 17.6. The fourth-order valence-corrected chi connectivity index (χ4v) is 5.37. The van der Waals surface area contributed by atoms with Crippen LogP contribution in [-0.4, -0.2) is 51.9 Å². The van der Waals surface area contributed by atoms with Gasteiger partial charge in [-0.25, -0.2) is 8.42 Å². The van der Waals surface area contributed by atoms with E-state index in [9.17, 15) is 18.0 Å². The fraction of sp³-hybridized carbons (Fsp3) is 0.259. The predicted molar refractivity (Wildman–Crippen MR) is 147 cm³/mol. The number of anilines is 1. The highest BCUT2D eigenvalue weighted by molar-refractivity contribution is 9.10. The van der Waals surface area contributed by atoms with E-state index < -0.39 is 28.5 Å². The Morgan fingerprint density at radius 2 is 1.57 bits per heavy atom. The van der Waals surface area contributed by atoms with Crippen molar-refractivity contribution in [3.05, 3.63) is 88.4 Å². The first-order valence-electron chi connectivity index (χ1n) is 11.6. The average Bonchev–Trinajstić information content (AvgIpc) is 2.90. The number of hydrogen-bond acceptors (Lipinski definition) is 5. The SMILES string of the molecule is CNC(=O)C(C)N(Cc1ccc(Br)cc1)C(=O)CN(c1ccc(OC)cc1)S(=O)(=O)c1ccc(C)cc1. The number of carbonyl (C=O) groups excluding carboxylic acids is 2. The summed E-state index contributed by atoms with van der Waals surface area (Å²) < 4.78 is 34.6. The molecule has 1 unspecified atom stereocenters. The number of ether oxygens (including phenoxy) is 1. The molecule has 3 aromatic carbocycles.